The third kappa shape index (κ3) is 4.21. The molecule has 0 saturated heterocycles. The SMILES string of the molecule is Cc1cccc(Cn2cc(C=NNC(=O)c3cc4ccccc4cc3O)c3ccccc32)c1. The molecule has 0 atom stereocenters. The van der Waals surface area contributed by atoms with Crippen molar-refractivity contribution in [1.29, 1.82) is 0 Å². The first kappa shape index (κ1) is 20.5. The largest absolute Gasteiger partial charge is 0.507 e. The lowest BCUT2D eigenvalue weighted by molar-refractivity contribution is 0.0952. The van der Waals surface area contributed by atoms with Crippen LogP contribution in [0.15, 0.2) is 96.2 Å². The fourth-order valence-electron chi connectivity index (χ4n) is 4.15. The molecule has 1 amide bonds. The summed E-state index contributed by atoms with van der Waals surface area (Å²) < 4.78 is 2.18. The van der Waals surface area contributed by atoms with Gasteiger partial charge in [-0.15, -0.1) is 0 Å². The van der Waals surface area contributed by atoms with Crippen LogP contribution in [0.1, 0.15) is 27.0 Å². The number of phenolic OH excluding ortho intramolecular Hbond substituents is 1. The lowest BCUT2D eigenvalue weighted by Crippen LogP contribution is -2.17. The molecule has 0 aliphatic carbocycles. The van der Waals surface area contributed by atoms with Crippen LogP contribution >= 0.6 is 0 Å². The molecule has 4 aromatic carbocycles. The summed E-state index contributed by atoms with van der Waals surface area (Å²) in [7, 11) is 0. The Morgan fingerprint density at radius 3 is 2.55 bits per heavy atom. The van der Waals surface area contributed by atoms with Crippen LogP contribution in [-0.4, -0.2) is 21.8 Å². The summed E-state index contributed by atoms with van der Waals surface area (Å²) in [5.41, 5.74) is 7.18. The van der Waals surface area contributed by atoms with Crippen LogP contribution < -0.4 is 5.43 Å². The smallest absolute Gasteiger partial charge is 0.275 e. The van der Waals surface area contributed by atoms with Gasteiger partial charge in [-0.05, 0) is 41.5 Å². The maximum Gasteiger partial charge on any atom is 0.275 e. The quantitative estimate of drug-likeness (QED) is 0.279. The zero-order valence-electron chi connectivity index (χ0n) is 18.2. The summed E-state index contributed by atoms with van der Waals surface area (Å²) in [6, 6.07) is 27.4. The topological polar surface area (TPSA) is 66.6 Å². The van der Waals surface area contributed by atoms with E-state index in [9.17, 15) is 9.90 Å². The molecule has 5 aromatic rings. The van der Waals surface area contributed by atoms with E-state index in [1.54, 1.807) is 18.3 Å². The van der Waals surface area contributed by atoms with Gasteiger partial charge < -0.3 is 9.67 Å². The molecule has 2 N–H and O–H groups in total. The molecule has 1 aromatic heterocycles. The second-order valence-electron chi connectivity index (χ2n) is 8.13. The molecule has 0 aliphatic heterocycles. The Morgan fingerprint density at radius 1 is 0.970 bits per heavy atom. The first-order valence-corrected chi connectivity index (χ1v) is 10.8. The van der Waals surface area contributed by atoms with Gasteiger partial charge in [0.25, 0.3) is 5.91 Å². The molecule has 162 valence electrons. The highest BCUT2D eigenvalue weighted by molar-refractivity contribution is 6.03. The summed E-state index contributed by atoms with van der Waals surface area (Å²) in [6.07, 6.45) is 3.68. The van der Waals surface area contributed by atoms with Crippen LogP contribution in [0.5, 0.6) is 5.75 Å². The Labute approximate surface area is 191 Å². The first-order chi connectivity index (χ1) is 16.1. The van der Waals surface area contributed by atoms with E-state index in [1.807, 2.05) is 48.7 Å². The molecule has 0 fully saturated rings. The lowest BCUT2D eigenvalue weighted by Gasteiger charge is -2.06. The van der Waals surface area contributed by atoms with E-state index in [0.717, 1.165) is 33.8 Å². The predicted octanol–water partition coefficient (Wildman–Crippen LogP) is 5.62. The summed E-state index contributed by atoms with van der Waals surface area (Å²) in [5.74, 6) is -0.533. The number of para-hydroxylation sites is 1. The average Bonchev–Trinajstić information content (AvgIpc) is 3.16. The molecule has 0 radical (unpaired) electrons. The molecule has 0 aliphatic rings. The number of hydrazone groups is 1. The standard InChI is InChI=1S/C28H23N3O2/c1-19-7-6-8-20(13-19)17-31-18-23(24-11-4-5-12-26(24)31)16-29-30-28(33)25-14-21-9-2-3-10-22(21)15-27(25)32/h2-16,18,32H,17H2,1H3,(H,30,33). The number of nitrogens with one attached hydrogen (secondary N) is 1. The molecule has 5 rings (SSSR count). The Kier molecular flexibility index (Phi) is 5.37. The zero-order valence-corrected chi connectivity index (χ0v) is 18.2. The van der Waals surface area contributed by atoms with Gasteiger partial charge in [-0.2, -0.15) is 5.10 Å². The number of hydrogen-bond donors (Lipinski definition) is 2. The Hall–Kier alpha value is -4.38. The number of hydrogen-bond acceptors (Lipinski definition) is 3. The molecular formula is C28H23N3O2. The van der Waals surface area contributed by atoms with Crippen molar-refractivity contribution in [3.63, 3.8) is 0 Å². The second kappa shape index (κ2) is 8.63. The maximum absolute atomic E-state index is 12.7. The molecule has 33 heavy (non-hydrogen) atoms. The number of aromatic hydroxyl groups is 1. The Bertz CT molecular complexity index is 1510. The number of benzene rings is 4. The maximum atomic E-state index is 12.7. The third-order valence-corrected chi connectivity index (χ3v) is 5.73. The normalized spacial score (nSPS) is 11.4. The minimum atomic E-state index is -0.460. The minimum Gasteiger partial charge on any atom is -0.507 e. The highest BCUT2D eigenvalue weighted by Crippen LogP contribution is 2.25. The van der Waals surface area contributed by atoms with Crippen molar-refractivity contribution in [3.05, 3.63) is 113 Å². The van der Waals surface area contributed by atoms with Gasteiger partial charge in [0.2, 0.25) is 0 Å². The van der Waals surface area contributed by atoms with Crippen molar-refractivity contribution >= 4 is 33.8 Å². The first-order valence-electron chi connectivity index (χ1n) is 10.8. The number of aromatic nitrogens is 1. The summed E-state index contributed by atoms with van der Waals surface area (Å²) in [4.78, 5) is 12.7. The fourth-order valence-corrected chi connectivity index (χ4v) is 4.15. The minimum absolute atomic E-state index is 0.0730. The van der Waals surface area contributed by atoms with E-state index >= 15 is 0 Å². The number of rotatable bonds is 5. The van der Waals surface area contributed by atoms with Crippen LogP contribution in [0.3, 0.4) is 0 Å². The van der Waals surface area contributed by atoms with E-state index in [4.69, 9.17) is 0 Å². The summed E-state index contributed by atoms with van der Waals surface area (Å²) in [5, 5.41) is 17.3. The van der Waals surface area contributed by atoms with Crippen molar-refractivity contribution < 1.29 is 9.90 Å². The summed E-state index contributed by atoms with van der Waals surface area (Å²) >= 11 is 0. The molecule has 5 heteroatoms. The van der Waals surface area contributed by atoms with E-state index in [2.05, 4.69) is 52.3 Å². The van der Waals surface area contributed by atoms with Gasteiger partial charge in [-0.1, -0.05) is 72.3 Å². The highest BCUT2D eigenvalue weighted by Gasteiger charge is 2.12. The van der Waals surface area contributed by atoms with Crippen LogP contribution in [0.4, 0.5) is 0 Å². The zero-order chi connectivity index (χ0) is 22.8. The molecule has 0 saturated carbocycles. The van der Waals surface area contributed by atoms with Gasteiger partial charge in [-0.3, -0.25) is 4.79 Å². The number of nitrogens with zero attached hydrogens (tertiary/aromatic N) is 2. The van der Waals surface area contributed by atoms with Crippen molar-refractivity contribution in [2.24, 2.45) is 5.10 Å². The summed E-state index contributed by atoms with van der Waals surface area (Å²) in [6.45, 7) is 2.83. The van der Waals surface area contributed by atoms with Gasteiger partial charge in [0, 0.05) is 29.2 Å². The van der Waals surface area contributed by atoms with E-state index < -0.39 is 5.91 Å². The molecule has 0 spiro atoms. The number of amides is 1. The van der Waals surface area contributed by atoms with Crippen molar-refractivity contribution in [1.82, 2.24) is 9.99 Å². The predicted molar refractivity (Wildman–Crippen MR) is 133 cm³/mol. The fraction of sp³-hybridized carbons (Fsp3) is 0.0714. The van der Waals surface area contributed by atoms with Crippen molar-refractivity contribution in [3.8, 4) is 5.75 Å². The molecule has 5 nitrogen and oxygen atoms in total. The van der Waals surface area contributed by atoms with Crippen LogP contribution in [0, 0.1) is 6.92 Å². The average molecular weight is 434 g/mol. The monoisotopic (exact) mass is 433 g/mol. The van der Waals surface area contributed by atoms with E-state index in [-0.39, 0.29) is 11.3 Å². The number of carbonyl (C=O) groups excluding carboxylic acids is 1. The Balaban J connectivity index is 1.40. The molecular weight excluding hydrogens is 410 g/mol. The lowest BCUT2D eigenvalue weighted by atomic mass is 10.1. The molecule has 1 heterocycles. The number of phenols is 1. The molecule has 0 unspecified atom stereocenters. The van der Waals surface area contributed by atoms with Gasteiger partial charge in [0.1, 0.15) is 5.75 Å². The van der Waals surface area contributed by atoms with Gasteiger partial charge in [0.15, 0.2) is 0 Å². The highest BCUT2D eigenvalue weighted by atomic mass is 16.3. The van der Waals surface area contributed by atoms with Crippen LogP contribution in [0.25, 0.3) is 21.7 Å². The van der Waals surface area contributed by atoms with Crippen LogP contribution in [0.2, 0.25) is 0 Å². The van der Waals surface area contributed by atoms with Gasteiger partial charge in [0.05, 0.1) is 11.8 Å². The number of carbonyl (C=O) groups is 1. The van der Waals surface area contributed by atoms with Crippen molar-refractivity contribution in [2.75, 3.05) is 0 Å². The van der Waals surface area contributed by atoms with Gasteiger partial charge in [-0.25, -0.2) is 5.43 Å². The number of aryl methyl sites for hydroxylation is 1. The van der Waals surface area contributed by atoms with E-state index in [0.29, 0.717) is 0 Å². The van der Waals surface area contributed by atoms with Crippen LogP contribution in [-0.2, 0) is 6.54 Å². The van der Waals surface area contributed by atoms with E-state index in [1.165, 1.54) is 11.1 Å². The molecule has 0 bridgehead atoms. The third-order valence-electron chi connectivity index (χ3n) is 5.73. The van der Waals surface area contributed by atoms with Crippen molar-refractivity contribution in [2.45, 2.75) is 13.5 Å². The number of fused-ring (bicyclic) bond motifs is 2. The van der Waals surface area contributed by atoms with Gasteiger partial charge >= 0.3 is 0 Å². The second-order valence-corrected chi connectivity index (χ2v) is 8.13. The Morgan fingerprint density at radius 2 is 1.73 bits per heavy atom.